The van der Waals surface area contributed by atoms with Crippen LogP contribution >= 0.6 is 22.7 Å². The summed E-state index contributed by atoms with van der Waals surface area (Å²) in [5.74, 6) is 0. The van der Waals surface area contributed by atoms with E-state index in [9.17, 15) is 0 Å². The summed E-state index contributed by atoms with van der Waals surface area (Å²) < 4.78 is 0. The first-order valence-electron chi connectivity index (χ1n) is 4.86. The fraction of sp³-hybridized carbons (Fsp3) is 0.400. The van der Waals surface area contributed by atoms with E-state index in [1.54, 1.807) is 22.7 Å². The first-order valence-corrected chi connectivity index (χ1v) is 6.62. The molecule has 0 bridgehead atoms. The zero-order chi connectivity index (χ0) is 10.7. The van der Waals surface area contributed by atoms with Gasteiger partial charge in [-0.25, -0.2) is 9.97 Å². The molecule has 0 atom stereocenters. The number of nitrogens with zero attached hydrogens (tertiary/aromatic N) is 2. The summed E-state index contributed by atoms with van der Waals surface area (Å²) in [6, 6.07) is 0. The lowest BCUT2D eigenvalue weighted by Crippen LogP contribution is -1.99. The van der Waals surface area contributed by atoms with Crippen molar-refractivity contribution in [1.29, 1.82) is 0 Å². The van der Waals surface area contributed by atoms with E-state index in [1.807, 2.05) is 6.92 Å². The van der Waals surface area contributed by atoms with Crippen LogP contribution in [0, 0.1) is 6.92 Å². The van der Waals surface area contributed by atoms with Crippen LogP contribution in [0.4, 0.5) is 0 Å². The van der Waals surface area contributed by atoms with Gasteiger partial charge in [0.25, 0.3) is 0 Å². The molecule has 0 spiro atoms. The van der Waals surface area contributed by atoms with Crippen LogP contribution < -0.4 is 5.73 Å². The molecule has 0 aromatic carbocycles. The van der Waals surface area contributed by atoms with Crippen molar-refractivity contribution < 1.29 is 0 Å². The zero-order valence-electron chi connectivity index (χ0n) is 8.56. The molecule has 5 heteroatoms. The van der Waals surface area contributed by atoms with E-state index in [-0.39, 0.29) is 0 Å². The van der Waals surface area contributed by atoms with Crippen LogP contribution in [0.2, 0.25) is 0 Å². The predicted octanol–water partition coefficient (Wildman–Crippen LogP) is 2.47. The second kappa shape index (κ2) is 4.83. The third-order valence-corrected chi connectivity index (χ3v) is 3.71. The van der Waals surface area contributed by atoms with Crippen molar-refractivity contribution in [2.45, 2.75) is 19.8 Å². The van der Waals surface area contributed by atoms with Gasteiger partial charge in [0.15, 0.2) is 0 Å². The molecule has 0 aliphatic heterocycles. The molecule has 0 fully saturated rings. The molecule has 0 aliphatic carbocycles. The van der Waals surface area contributed by atoms with E-state index in [0.717, 1.165) is 40.8 Å². The molecule has 0 saturated heterocycles. The van der Waals surface area contributed by atoms with Gasteiger partial charge in [-0.2, -0.15) is 0 Å². The molecule has 80 valence electrons. The molecular weight excluding hydrogens is 226 g/mol. The summed E-state index contributed by atoms with van der Waals surface area (Å²) in [7, 11) is 0. The SMILES string of the molecule is Cc1nc(-c2csc(CCCN)n2)cs1. The second-order valence-corrected chi connectivity index (χ2v) is 5.28. The number of aryl methyl sites for hydroxylation is 2. The number of hydrogen-bond acceptors (Lipinski definition) is 5. The Kier molecular flexibility index (Phi) is 3.45. The third-order valence-electron chi connectivity index (χ3n) is 2.03. The molecule has 2 heterocycles. The van der Waals surface area contributed by atoms with Gasteiger partial charge in [-0.05, 0) is 19.9 Å². The van der Waals surface area contributed by atoms with Crippen molar-refractivity contribution in [1.82, 2.24) is 9.97 Å². The average Bonchev–Trinajstić information content (AvgIpc) is 2.83. The van der Waals surface area contributed by atoms with Crippen molar-refractivity contribution in [3.8, 4) is 11.4 Å². The molecule has 2 aromatic rings. The van der Waals surface area contributed by atoms with Gasteiger partial charge < -0.3 is 5.73 Å². The summed E-state index contributed by atoms with van der Waals surface area (Å²) in [6.07, 6.45) is 1.98. The highest BCUT2D eigenvalue weighted by Crippen LogP contribution is 2.23. The van der Waals surface area contributed by atoms with E-state index in [1.165, 1.54) is 0 Å². The van der Waals surface area contributed by atoms with Crippen LogP contribution in [0.15, 0.2) is 10.8 Å². The van der Waals surface area contributed by atoms with Gasteiger partial charge in [-0.15, -0.1) is 22.7 Å². The van der Waals surface area contributed by atoms with Crippen molar-refractivity contribution in [2.24, 2.45) is 5.73 Å². The largest absolute Gasteiger partial charge is 0.330 e. The lowest BCUT2D eigenvalue weighted by Gasteiger charge is -1.91. The lowest BCUT2D eigenvalue weighted by atomic mass is 10.3. The summed E-state index contributed by atoms with van der Waals surface area (Å²) in [5, 5.41) is 6.36. The maximum Gasteiger partial charge on any atom is 0.101 e. The topological polar surface area (TPSA) is 51.8 Å². The van der Waals surface area contributed by atoms with Crippen LogP contribution in [0.5, 0.6) is 0 Å². The molecule has 2 N–H and O–H groups in total. The van der Waals surface area contributed by atoms with E-state index in [2.05, 4.69) is 20.7 Å². The van der Waals surface area contributed by atoms with Crippen molar-refractivity contribution in [3.63, 3.8) is 0 Å². The molecule has 2 rings (SSSR count). The summed E-state index contributed by atoms with van der Waals surface area (Å²) in [5.41, 5.74) is 7.45. The van der Waals surface area contributed by atoms with Crippen LogP contribution in [0.3, 0.4) is 0 Å². The van der Waals surface area contributed by atoms with E-state index in [0.29, 0.717) is 0 Å². The van der Waals surface area contributed by atoms with E-state index in [4.69, 9.17) is 5.73 Å². The Labute approximate surface area is 97.0 Å². The fourth-order valence-corrected chi connectivity index (χ4v) is 2.72. The molecule has 3 nitrogen and oxygen atoms in total. The van der Waals surface area contributed by atoms with Crippen LogP contribution in [-0.2, 0) is 6.42 Å². The molecule has 0 amide bonds. The minimum atomic E-state index is 0.727. The quantitative estimate of drug-likeness (QED) is 0.891. The highest BCUT2D eigenvalue weighted by Gasteiger charge is 2.06. The van der Waals surface area contributed by atoms with Crippen LogP contribution in [0.1, 0.15) is 16.4 Å². The van der Waals surface area contributed by atoms with Crippen LogP contribution in [0.25, 0.3) is 11.4 Å². The summed E-state index contributed by atoms with van der Waals surface area (Å²) in [6.45, 7) is 2.74. The first kappa shape index (κ1) is 10.7. The molecule has 0 radical (unpaired) electrons. The second-order valence-electron chi connectivity index (χ2n) is 3.27. The van der Waals surface area contributed by atoms with Crippen molar-refractivity contribution in [3.05, 3.63) is 20.8 Å². The van der Waals surface area contributed by atoms with Gasteiger partial charge in [0.2, 0.25) is 0 Å². The predicted molar refractivity (Wildman–Crippen MR) is 65.3 cm³/mol. The minimum Gasteiger partial charge on any atom is -0.330 e. The molecular formula is C10H13N3S2. The summed E-state index contributed by atoms with van der Waals surface area (Å²) in [4.78, 5) is 8.95. The molecule has 0 aliphatic rings. The van der Waals surface area contributed by atoms with Gasteiger partial charge in [-0.1, -0.05) is 0 Å². The first-order chi connectivity index (χ1) is 7.29. The lowest BCUT2D eigenvalue weighted by molar-refractivity contribution is 0.826. The highest BCUT2D eigenvalue weighted by atomic mass is 32.1. The maximum atomic E-state index is 5.46. The Hall–Kier alpha value is -0.780. The number of hydrogen-bond donors (Lipinski definition) is 1. The average molecular weight is 239 g/mol. The smallest absolute Gasteiger partial charge is 0.101 e. The molecule has 0 saturated carbocycles. The maximum absolute atomic E-state index is 5.46. The Morgan fingerprint density at radius 2 is 1.93 bits per heavy atom. The van der Waals surface area contributed by atoms with Gasteiger partial charge >= 0.3 is 0 Å². The summed E-state index contributed by atoms with van der Waals surface area (Å²) >= 11 is 3.35. The highest BCUT2D eigenvalue weighted by molar-refractivity contribution is 7.10. The van der Waals surface area contributed by atoms with Gasteiger partial charge in [0.05, 0.1) is 10.0 Å². The number of nitrogens with two attached hydrogens (primary N) is 1. The number of rotatable bonds is 4. The van der Waals surface area contributed by atoms with Gasteiger partial charge in [0.1, 0.15) is 11.4 Å². The standard InChI is InChI=1S/C10H13N3S2/c1-7-12-8(5-14-7)9-6-15-10(13-9)3-2-4-11/h5-6H,2-4,11H2,1H3. The monoisotopic (exact) mass is 239 g/mol. The molecule has 2 aromatic heterocycles. The van der Waals surface area contributed by atoms with E-state index < -0.39 is 0 Å². The van der Waals surface area contributed by atoms with Crippen molar-refractivity contribution in [2.75, 3.05) is 6.54 Å². The zero-order valence-corrected chi connectivity index (χ0v) is 10.2. The number of thiazole rings is 2. The van der Waals surface area contributed by atoms with E-state index >= 15 is 0 Å². The fourth-order valence-electron chi connectivity index (χ4n) is 1.28. The number of aromatic nitrogens is 2. The Balaban J connectivity index is 2.13. The Bertz CT molecular complexity index is 433. The third kappa shape index (κ3) is 2.62. The van der Waals surface area contributed by atoms with Gasteiger partial charge in [0, 0.05) is 17.2 Å². The molecule has 15 heavy (non-hydrogen) atoms. The van der Waals surface area contributed by atoms with Crippen LogP contribution in [-0.4, -0.2) is 16.5 Å². The van der Waals surface area contributed by atoms with Gasteiger partial charge in [-0.3, -0.25) is 0 Å². The normalized spacial score (nSPS) is 10.8. The van der Waals surface area contributed by atoms with Crippen molar-refractivity contribution >= 4 is 22.7 Å². The Morgan fingerprint density at radius 1 is 1.20 bits per heavy atom. The molecule has 0 unspecified atom stereocenters. The minimum absolute atomic E-state index is 0.727. The Morgan fingerprint density at radius 3 is 2.60 bits per heavy atom.